The summed E-state index contributed by atoms with van der Waals surface area (Å²) < 4.78 is 30.9. The minimum atomic E-state index is -3.31. The number of benzene rings is 1. The molecule has 1 aromatic carbocycles. The quantitative estimate of drug-likeness (QED) is 0.279. The number of nitrogens with one attached hydrogen (secondary N) is 2. The Morgan fingerprint density at radius 1 is 1.22 bits per heavy atom. The summed E-state index contributed by atoms with van der Waals surface area (Å²) >= 11 is 3.31. The molecule has 0 atom stereocenters. The predicted molar refractivity (Wildman–Crippen MR) is 123 cm³/mol. The lowest BCUT2D eigenvalue weighted by molar-refractivity contribution is 0.0394. The Morgan fingerprint density at radius 3 is 2.52 bits per heavy atom. The molecular weight excluding hydrogens is 547 g/mol. The van der Waals surface area contributed by atoms with Crippen molar-refractivity contribution in [1.29, 1.82) is 0 Å². The molecule has 0 amide bonds. The van der Waals surface area contributed by atoms with E-state index < -0.39 is 9.84 Å². The van der Waals surface area contributed by atoms with Crippen LogP contribution >= 0.6 is 39.9 Å². The molecule has 1 heterocycles. The van der Waals surface area contributed by atoms with E-state index in [0.717, 1.165) is 43.9 Å². The molecule has 1 aliphatic heterocycles. The maximum atomic E-state index is 12.4. The summed E-state index contributed by atoms with van der Waals surface area (Å²) in [5.41, 5.74) is 0. The number of guanidine groups is 1. The van der Waals surface area contributed by atoms with Crippen LogP contribution in [0.3, 0.4) is 0 Å². The minimum Gasteiger partial charge on any atom is -0.379 e. The van der Waals surface area contributed by atoms with Gasteiger partial charge < -0.3 is 15.4 Å². The Labute approximate surface area is 187 Å². The minimum absolute atomic E-state index is 0. The lowest BCUT2D eigenvalue weighted by atomic mass is 10.4. The summed E-state index contributed by atoms with van der Waals surface area (Å²) in [5.74, 6) is 0.662. The first-order chi connectivity index (χ1) is 12.5. The summed E-state index contributed by atoms with van der Waals surface area (Å²) in [5, 5.41) is 6.25. The molecule has 0 bridgehead atoms. The van der Waals surface area contributed by atoms with Crippen LogP contribution in [0.2, 0.25) is 0 Å². The number of ether oxygens (including phenoxy) is 1. The molecule has 0 aromatic heterocycles. The number of halogens is 2. The fourth-order valence-corrected chi connectivity index (χ4v) is 3.95. The molecule has 154 valence electrons. The zero-order valence-electron chi connectivity index (χ0n) is 15.5. The van der Waals surface area contributed by atoms with Crippen molar-refractivity contribution >= 4 is 55.7 Å². The van der Waals surface area contributed by atoms with Crippen LogP contribution in [-0.4, -0.2) is 77.5 Å². The van der Waals surface area contributed by atoms with Crippen molar-refractivity contribution in [3.05, 3.63) is 28.7 Å². The molecule has 0 spiro atoms. The van der Waals surface area contributed by atoms with Crippen LogP contribution in [0, 0.1) is 0 Å². The molecule has 1 aliphatic rings. The molecule has 2 rings (SSSR count). The molecule has 1 aromatic rings. The van der Waals surface area contributed by atoms with Crippen LogP contribution in [0.5, 0.6) is 0 Å². The van der Waals surface area contributed by atoms with Crippen molar-refractivity contribution in [2.24, 2.45) is 4.99 Å². The normalized spacial score (nSPS) is 15.9. The van der Waals surface area contributed by atoms with Crippen LogP contribution in [0.25, 0.3) is 0 Å². The van der Waals surface area contributed by atoms with Crippen LogP contribution in [0.15, 0.2) is 38.6 Å². The molecule has 7 nitrogen and oxygen atoms in total. The lowest BCUT2D eigenvalue weighted by Gasteiger charge is -2.25. The van der Waals surface area contributed by atoms with Crippen molar-refractivity contribution in [3.63, 3.8) is 0 Å². The highest BCUT2D eigenvalue weighted by molar-refractivity contribution is 14.0. The van der Waals surface area contributed by atoms with Gasteiger partial charge in [0.2, 0.25) is 0 Å². The lowest BCUT2D eigenvalue weighted by Crippen LogP contribution is -2.41. The third-order valence-electron chi connectivity index (χ3n) is 3.97. The first-order valence-electron chi connectivity index (χ1n) is 8.82. The average Bonchev–Trinajstić information content (AvgIpc) is 2.63. The molecular formula is C17H28BrIN4O3S. The van der Waals surface area contributed by atoms with Gasteiger partial charge in [0, 0.05) is 37.2 Å². The van der Waals surface area contributed by atoms with Gasteiger partial charge >= 0.3 is 0 Å². The van der Waals surface area contributed by atoms with E-state index in [1.807, 2.05) is 6.92 Å². The van der Waals surface area contributed by atoms with Gasteiger partial charge in [0.15, 0.2) is 15.8 Å². The molecule has 0 radical (unpaired) electrons. The van der Waals surface area contributed by atoms with Gasteiger partial charge in [-0.05, 0) is 31.2 Å². The number of hydrogen-bond donors (Lipinski definition) is 2. The maximum absolute atomic E-state index is 12.4. The van der Waals surface area contributed by atoms with Gasteiger partial charge in [-0.3, -0.25) is 9.89 Å². The Bertz CT molecular complexity index is 680. The Morgan fingerprint density at radius 2 is 1.89 bits per heavy atom. The summed E-state index contributed by atoms with van der Waals surface area (Å²) in [6, 6.07) is 6.69. The Kier molecular flexibility index (Phi) is 11.8. The zero-order valence-corrected chi connectivity index (χ0v) is 20.2. The van der Waals surface area contributed by atoms with Gasteiger partial charge in [0.05, 0.1) is 30.4 Å². The van der Waals surface area contributed by atoms with E-state index in [4.69, 9.17) is 4.74 Å². The number of hydrogen-bond acceptors (Lipinski definition) is 5. The number of morpholine rings is 1. The molecule has 1 saturated heterocycles. The van der Waals surface area contributed by atoms with Crippen LogP contribution in [0.1, 0.15) is 6.92 Å². The van der Waals surface area contributed by atoms with E-state index >= 15 is 0 Å². The third-order valence-corrected chi connectivity index (χ3v) is 6.23. The molecule has 0 aliphatic carbocycles. The molecule has 2 N–H and O–H groups in total. The summed E-state index contributed by atoms with van der Waals surface area (Å²) in [6.07, 6.45) is 0. The Balaban J connectivity index is 0.00000364. The first-order valence-corrected chi connectivity index (χ1v) is 11.3. The summed E-state index contributed by atoms with van der Waals surface area (Å²) in [4.78, 5) is 7.17. The van der Waals surface area contributed by atoms with Gasteiger partial charge in [-0.25, -0.2) is 8.42 Å². The highest BCUT2D eigenvalue weighted by Gasteiger charge is 2.14. The summed E-state index contributed by atoms with van der Waals surface area (Å²) in [7, 11) is -3.31. The van der Waals surface area contributed by atoms with Crippen molar-refractivity contribution < 1.29 is 13.2 Å². The second kappa shape index (κ2) is 12.9. The van der Waals surface area contributed by atoms with Crippen LogP contribution in [0.4, 0.5) is 0 Å². The van der Waals surface area contributed by atoms with Crippen molar-refractivity contribution in [2.45, 2.75) is 11.8 Å². The molecule has 10 heteroatoms. The number of rotatable bonds is 8. The van der Waals surface area contributed by atoms with E-state index in [-0.39, 0.29) is 29.7 Å². The topological polar surface area (TPSA) is 83.0 Å². The highest BCUT2D eigenvalue weighted by atomic mass is 127. The molecule has 27 heavy (non-hydrogen) atoms. The van der Waals surface area contributed by atoms with Crippen molar-refractivity contribution in [1.82, 2.24) is 15.5 Å². The van der Waals surface area contributed by atoms with Crippen LogP contribution in [-0.2, 0) is 14.6 Å². The Hall–Kier alpha value is -0.430. The standard InChI is InChI=1S/C17H27BrN4O3S.HI/c1-2-19-17(20-7-9-22-10-12-25-13-11-22)21-8-14-26(23,24)16-5-3-15(18)4-6-16;/h3-6H,2,7-14H2,1H3,(H2,19,20,21);1H. The van der Waals surface area contributed by atoms with E-state index in [2.05, 4.69) is 36.5 Å². The molecule has 0 unspecified atom stereocenters. The number of sulfone groups is 1. The van der Waals surface area contributed by atoms with E-state index in [9.17, 15) is 8.42 Å². The predicted octanol–water partition coefficient (Wildman–Crippen LogP) is 1.73. The molecule has 1 fully saturated rings. The average molecular weight is 575 g/mol. The second-order valence-corrected chi connectivity index (χ2v) is 8.94. The summed E-state index contributed by atoms with van der Waals surface area (Å²) in [6.45, 7) is 7.97. The van der Waals surface area contributed by atoms with E-state index in [1.165, 1.54) is 0 Å². The van der Waals surface area contributed by atoms with Crippen molar-refractivity contribution in [2.75, 3.05) is 58.2 Å². The fourth-order valence-electron chi connectivity index (χ4n) is 2.53. The van der Waals surface area contributed by atoms with E-state index in [0.29, 0.717) is 23.9 Å². The zero-order chi connectivity index (χ0) is 18.8. The van der Waals surface area contributed by atoms with Gasteiger partial charge in [-0.15, -0.1) is 24.0 Å². The van der Waals surface area contributed by atoms with Gasteiger partial charge in [-0.1, -0.05) is 15.9 Å². The second-order valence-electron chi connectivity index (χ2n) is 5.91. The third kappa shape index (κ3) is 9.07. The fraction of sp³-hybridized carbons (Fsp3) is 0.588. The highest BCUT2D eigenvalue weighted by Crippen LogP contribution is 2.15. The maximum Gasteiger partial charge on any atom is 0.191 e. The van der Waals surface area contributed by atoms with Crippen LogP contribution < -0.4 is 10.6 Å². The monoisotopic (exact) mass is 574 g/mol. The SMILES string of the molecule is CCNC(=NCCN1CCOCC1)NCCS(=O)(=O)c1ccc(Br)cc1.I. The van der Waals surface area contributed by atoms with Gasteiger partial charge in [0.25, 0.3) is 0 Å². The first kappa shape index (κ1) is 24.6. The molecule has 0 saturated carbocycles. The van der Waals surface area contributed by atoms with Gasteiger partial charge in [-0.2, -0.15) is 0 Å². The van der Waals surface area contributed by atoms with E-state index in [1.54, 1.807) is 24.3 Å². The van der Waals surface area contributed by atoms with Crippen molar-refractivity contribution in [3.8, 4) is 0 Å². The smallest absolute Gasteiger partial charge is 0.191 e. The largest absolute Gasteiger partial charge is 0.379 e. The van der Waals surface area contributed by atoms with Gasteiger partial charge in [0.1, 0.15) is 0 Å². The number of aliphatic imine (C=N–C) groups is 1. The number of nitrogens with zero attached hydrogens (tertiary/aromatic N) is 2.